The molecule has 0 bridgehead atoms. The molecule has 7 nitrogen and oxygen atoms in total. The van der Waals surface area contributed by atoms with Gasteiger partial charge in [-0.3, -0.25) is 0 Å². The van der Waals surface area contributed by atoms with Gasteiger partial charge in [-0.25, -0.2) is 22.6 Å². The Hall–Kier alpha value is -2.72. The molecule has 0 atom stereocenters. The van der Waals surface area contributed by atoms with Crippen LogP contribution < -0.4 is 10.1 Å². The summed E-state index contributed by atoms with van der Waals surface area (Å²) in [7, 11) is -3.51. The number of carbonyl (C=O) groups is 1. The standard InChI is InChI=1S/C18H16FN3O4S2/c1-28(24,25)12-5-6-14(13(19)7-12)21-18(23)22-8-11(9-22)26-15-3-2-4-16-17(15)20-10-27-16/h2-7,10-11H,8-9H2,1H3,(H,21,23). The van der Waals surface area contributed by atoms with Crippen molar-refractivity contribution in [3.05, 3.63) is 47.7 Å². The van der Waals surface area contributed by atoms with Crippen LogP contribution in [0, 0.1) is 5.82 Å². The molecule has 0 unspecified atom stereocenters. The zero-order valence-electron chi connectivity index (χ0n) is 14.8. The molecule has 2 heterocycles. The summed E-state index contributed by atoms with van der Waals surface area (Å²) in [5, 5.41) is 2.45. The van der Waals surface area contributed by atoms with Crippen molar-refractivity contribution in [3.63, 3.8) is 0 Å². The van der Waals surface area contributed by atoms with Crippen LogP contribution in [0.4, 0.5) is 14.9 Å². The van der Waals surface area contributed by atoms with Gasteiger partial charge < -0.3 is 15.0 Å². The Bertz CT molecular complexity index is 1160. The number of thiazole rings is 1. The third kappa shape index (κ3) is 3.65. The highest BCUT2D eigenvalue weighted by atomic mass is 32.2. The van der Waals surface area contributed by atoms with Crippen molar-refractivity contribution in [2.24, 2.45) is 0 Å². The lowest BCUT2D eigenvalue weighted by Gasteiger charge is -2.38. The summed E-state index contributed by atoms with van der Waals surface area (Å²) in [6, 6.07) is 8.60. The van der Waals surface area contributed by atoms with Gasteiger partial charge in [-0.05, 0) is 30.3 Å². The summed E-state index contributed by atoms with van der Waals surface area (Å²) in [6.45, 7) is 0.713. The highest BCUT2D eigenvalue weighted by molar-refractivity contribution is 7.90. The molecule has 0 aliphatic carbocycles. The molecular weight excluding hydrogens is 405 g/mol. The van der Waals surface area contributed by atoms with Gasteiger partial charge in [-0.2, -0.15) is 0 Å². The Morgan fingerprint density at radius 3 is 2.82 bits per heavy atom. The van der Waals surface area contributed by atoms with E-state index in [9.17, 15) is 17.6 Å². The van der Waals surface area contributed by atoms with Crippen LogP contribution in [-0.4, -0.2) is 49.8 Å². The van der Waals surface area contributed by atoms with Gasteiger partial charge in [-0.1, -0.05) is 6.07 Å². The summed E-state index contributed by atoms with van der Waals surface area (Å²) in [5.41, 5.74) is 2.47. The maximum Gasteiger partial charge on any atom is 0.322 e. The lowest BCUT2D eigenvalue weighted by molar-refractivity contribution is 0.0502. The van der Waals surface area contributed by atoms with Crippen molar-refractivity contribution in [2.45, 2.75) is 11.0 Å². The number of hydrogen-bond acceptors (Lipinski definition) is 6. The zero-order valence-corrected chi connectivity index (χ0v) is 16.4. The number of para-hydroxylation sites is 1. The Balaban J connectivity index is 1.36. The fourth-order valence-electron chi connectivity index (χ4n) is 2.84. The molecule has 1 aliphatic rings. The number of rotatable bonds is 4. The molecule has 1 saturated heterocycles. The normalized spacial score (nSPS) is 14.7. The molecule has 2 amide bonds. The van der Waals surface area contributed by atoms with Crippen molar-refractivity contribution >= 4 is 43.1 Å². The first-order chi connectivity index (χ1) is 13.3. The van der Waals surface area contributed by atoms with Gasteiger partial charge in [0.2, 0.25) is 0 Å². The largest absolute Gasteiger partial charge is 0.484 e. The van der Waals surface area contributed by atoms with Crippen LogP contribution >= 0.6 is 11.3 Å². The van der Waals surface area contributed by atoms with E-state index in [4.69, 9.17) is 4.74 Å². The zero-order chi connectivity index (χ0) is 19.9. The highest BCUT2D eigenvalue weighted by Gasteiger charge is 2.33. The summed E-state index contributed by atoms with van der Waals surface area (Å²) in [4.78, 5) is 17.9. The number of carbonyl (C=O) groups excluding carboxylic acids is 1. The number of likely N-dealkylation sites (tertiary alicyclic amines) is 1. The lowest BCUT2D eigenvalue weighted by Crippen LogP contribution is -2.57. The molecule has 0 saturated carbocycles. The number of urea groups is 1. The number of nitrogens with one attached hydrogen (secondary N) is 1. The summed E-state index contributed by atoms with van der Waals surface area (Å²) in [5.74, 6) is -0.133. The molecule has 1 N–H and O–H groups in total. The Morgan fingerprint density at radius 1 is 1.32 bits per heavy atom. The maximum absolute atomic E-state index is 14.1. The van der Waals surface area contributed by atoms with E-state index in [1.165, 1.54) is 28.4 Å². The molecule has 28 heavy (non-hydrogen) atoms. The van der Waals surface area contributed by atoms with E-state index in [1.807, 2.05) is 18.2 Å². The van der Waals surface area contributed by atoms with Crippen LogP contribution in [0.25, 0.3) is 10.2 Å². The molecule has 1 aromatic heterocycles. The maximum atomic E-state index is 14.1. The number of benzene rings is 2. The van der Waals surface area contributed by atoms with Crippen LogP contribution in [0.1, 0.15) is 0 Å². The third-order valence-electron chi connectivity index (χ3n) is 4.36. The van der Waals surface area contributed by atoms with Crippen molar-refractivity contribution in [1.29, 1.82) is 0 Å². The average Bonchev–Trinajstić information content (AvgIpc) is 3.08. The fraction of sp³-hybridized carbons (Fsp3) is 0.222. The minimum Gasteiger partial charge on any atom is -0.484 e. The highest BCUT2D eigenvalue weighted by Crippen LogP contribution is 2.29. The number of nitrogens with zero attached hydrogens (tertiary/aromatic N) is 2. The number of aromatic nitrogens is 1. The van der Waals surface area contributed by atoms with Gasteiger partial charge in [0, 0.05) is 6.26 Å². The average molecular weight is 421 g/mol. The van der Waals surface area contributed by atoms with Crippen molar-refractivity contribution in [3.8, 4) is 5.75 Å². The van der Waals surface area contributed by atoms with Gasteiger partial charge in [0.1, 0.15) is 23.2 Å². The first-order valence-electron chi connectivity index (χ1n) is 8.35. The van der Waals surface area contributed by atoms with Crippen LogP contribution in [0.2, 0.25) is 0 Å². The molecule has 1 aliphatic heterocycles. The van der Waals surface area contributed by atoms with E-state index in [0.29, 0.717) is 18.8 Å². The second kappa shape index (κ2) is 7.02. The SMILES string of the molecule is CS(=O)(=O)c1ccc(NC(=O)N2CC(Oc3cccc4scnc34)C2)c(F)c1. The summed E-state index contributed by atoms with van der Waals surface area (Å²) < 4.78 is 43.9. The quantitative estimate of drug-likeness (QED) is 0.699. The van der Waals surface area contributed by atoms with Gasteiger partial charge >= 0.3 is 6.03 Å². The number of hydrogen-bond donors (Lipinski definition) is 1. The second-order valence-electron chi connectivity index (χ2n) is 6.44. The van der Waals surface area contributed by atoms with E-state index >= 15 is 0 Å². The molecule has 146 valence electrons. The molecule has 3 aromatic rings. The summed E-state index contributed by atoms with van der Waals surface area (Å²) >= 11 is 1.53. The molecule has 0 spiro atoms. The lowest BCUT2D eigenvalue weighted by atomic mass is 10.2. The van der Waals surface area contributed by atoms with E-state index in [1.54, 1.807) is 5.51 Å². The molecule has 2 aromatic carbocycles. The summed E-state index contributed by atoms with van der Waals surface area (Å²) in [6.07, 6.45) is 0.822. The fourth-order valence-corrected chi connectivity index (χ4v) is 4.16. The minimum atomic E-state index is -3.51. The molecule has 10 heteroatoms. The smallest absolute Gasteiger partial charge is 0.322 e. The van der Waals surface area contributed by atoms with Crippen molar-refractivity contribution in [2.75, 3.05) is 24.7 Å². The number of amides is 2. The molecular formula is C18H16FN3O4S2. The third-order valence-corrected chi connectivity index (χ3v) is 6.27. The van der Waals surface area contributed by atoms with E-state index in [0.717, 1.165) is 22.5 Å². The van der Waals surface area contributed by atoms with Crippen LogP contribution in [0.15, 0.2) is 46.8 Å². The second-order valence-corrected chi connectivity index (χ2v) is 9.35. The molecule has 0 radical (unpaired) electrons. The van der Waals surface area contributed by atoms with Crippen molar-refractivity contribution in [1.82, 2.24) is 9.88 Å². The van der Waals surface area contributed by atoms with Gasteiger partial charge in [0.25, 0.3) is 0 Å². The topological polar surface area (TPSA) is 88.6 Å². The van der Waals surface area contributed by atoms with Gasteiger partial charge in [-0.15, -0.1) is 11.3 Å². The number of sulfone groups is 1. The Labute approximate surface area is 164 Å². The van der Waals surface area contributed by atoms with Crippen LogP contribution in [0.3, 0.4) is 0 Å². The Kier molecular flexibility index (Phi) is 4.68. The predicted molar refractivity (Wildman–Crippen MR) is 104 cm³/mol. The van der Waals surface area contributed by atoms with Gasteiger partial charge in [0.15, 0.2) is 9.84 Å². The van der Waals surface area contributed by atoms with E-state index in [-0.39, 0.29) is 16.7 Å². The first-order valence-corrected chi connectivity index (χ1v) is 11.1. The van der Waals surface area contributed by atoms with Crippen LogP contribution in [-0.2, 0) is 9.84 Å². The Morgan fingerprint density at radius 2 is 2.11 bits per heavy atom. The van der Waals surface area contributed by atoms with Crippen molar-refractivity contribution < 1.29 is 22.3 Å². The monoisotopic (exact) mass is 421 g/mol. The van der Waals surface area contributed by atoms with Crippen LogP contribution in [0.5, 0.6) is 5.75 Å². The van der Waals surface area contributed by atoms with Gasteiger partial charge in [0.05, 0.1) is 33.9 Å². The number of ether oxygens (including phenoxy) is 1. The molecule has 1 fully saturated rings. The first kappa shape index (κ1) is 18.6. The molecule has 4 rings (SSSR count). The predicted octanol–water partition coefficient (Wildman–Crippen LogP) is 3.13. The van der Waals surface area contributed by atoms with E-state index in [2.05, 4.69) is 10.3 Å². The minimum absolute atomic E-state index is 0.0750. The number of anilines is 1. The number of fused-ring (bicyclic) bond motifs is 1. The number of halogens is 1. The van der Waals surface area contributed by atoms with E-state index < -0.39 is 21.7 Å².